The first kappa shape index (κ1) is 87.1. The fourth-order valence-corrected chi connectivity index (χ4v) is 11.3. The molecule has 0 spiro atoms. The van der Waals surface area contributed by atoms with Crippen LogP contribution in [0.4, 0.5) is 0 Å². The second-order valence-electron chi connectivity index (χ2n) is 24.9. The van der Waals surface area contributed by atoms with Crippen molar-refractivity contribution in [2.75, 3.05) is 98.8 Å². The molecule has 0 aromatic rings. The molecule has 98 heavy (non-hydrogen) atoms. The lowest BCUT2D eigenvalue weighted by molar-refractivity contribution is -0.270. The van der Waals surface area contributed by atoms with Crippen molar-refractivity contribution in [2.24, 2.45) is 0 Å². The van der Waals surface area contributed by atoms with Crippen molar-refractivity contribution >= 4 is 66.1 Å². The smallest absolute Gasteiger partial charge is 0.253 e. The van der Waals surface area contributed by atoms with E-state index in [1.807, 2.05) is 0 Å². The Hall–Kier alpha value is -5.15. The minimum absolute atomic E-state index is 0.000665. The molecule has 15 N–H and O–H groups in total. The largest absolute Gasteiger partial charge is 0.394 e. The molecule has 3 heterocycles. The van der Waals surface area contributed by atoms with Gasteiger partial charge in [-0.1, -0.05) is 0 Å². The summed E-state index contributed by atoms with van der Waals surface area (Å²) in [5.74, 6) is -4.35. The van der Waals surface area contributed by atoms with Crippen molar-refractivity contribution < 1.29 is 137 Å². The molecule has 3 rings (SSSR count). The zero-order valence-corrected chi connectivity index (χ0v) is 57.7. The van der Waals surface area contributed by atoms with Gasteiger partial charge in [-0.3, -0.25) is 52.5 Å². The Labute approximate surface area is 570 Å². The van der Waals surface area contributed by atoms with Crippen LogP contribution in [0.3, 0.4) is 0 Å². The number of nitrogens with zero attached hydrogens (tertiary/aromatic N) is 2. The number of hydrogen-bond acceptors (Lipinski definition) is 28. The number of ketones is 3. The molecule has 3 saturated heterocycles. The highest BCUT2D eigenvalue weighted by Gasteiger charge is 2.48. The van der Waals surface area contributed by atoms with Gasteiger partial charge < -0.3 is 120 Å². The Bertz CT molecular complexity index is 2540. The van der Waals surface area contributed by atoms with Gasteiger partial charge in [-0.05, 0) is 57.8 Å². The molecule has 7 amide bonds. The maximum atomic E-state index is 13.9. The van der Waals surface area contributed by atoms with Crippen LogP contribution in [0.5, 0.6) is 0 Å². The minimum atomic E-state index is -3.13. The second kappa shape index (κ2) is 46.4. The lowest BCUT2D eigenvalue weighted by Crippen LogP contribution is -2.64. The number of nitrogens with one attached hydrogen (secondary N) is 5. The van der Waals surface area contributed by atoms with Crippen molar-refractivity contribution in [3.05, 3.63) is 0 Å². The molecule has 0 aromatic heterocycles. The highest BCUT2D eigenvalue weighted by atomic mass is 31.2. The van der Waals surface area contributed by atoms with Crippen LogP contribution >= 0.6 is 7.37 Å². The summed E-state index contributed by atoms with van der Waals surface area (Å²) < 4.78 is 51.3. The second-order valence-corrected chi connectivity index (χ2v) is 27.7. The zero-order chi connectivity index (χ0) is 73.1. The SMILES string of the molecule is CC(=O)NC1[C@H](OCCCCC(=O)CCC(=O)NCCCN(CCCN(CCCNC(=O)CCC(=O)CCCCO[C@@H]2OC(CO)[C@H](O)[C@H](O)C2NC(C)=O)C(=O)C(O)COP(C)(C)=O)C(=O)CCC(=O)CCCCO[C@@H]2OC(CO)[C@H](O)[C@H](O)C2NC(C)=O)OC(CO)[C@H](O)[C@@H]1O. The zero-order valence-electron chi connectivity index (χ0n) is 56.8. The Kier molecular flexibility index (Phi) is 41.2. The van der Waals surface area contributed by atoms with Crippen molar-refractivity contribution in [3.63, 3.8) is 0 Å². The predicted octanol–water partition coefficient (Wildman–Crippen LogP) is -4.60. The van der Waals surface area contributed by atoms with Gasteiger partial charge in [0, 0.05) is 151 Å². The van der Waals surface area contributed by atoms with E-state index in [1.54, 1.807) is 0 Å². The van der Waals surface area contributed by atoms with Crippen LogP contribution < -0.4 is 26.6 Å². The fourth-order valence-electron chi connectivity index (χ4n) is 10.8. The molecule has 36 heteroatoms. The molecule has 0 aliphatic carbocycles. The number of aliphatic hydroxyl groups is 10. The molecule has 16 atom stereocenters. The standard InChI is InChI=1S/C62H108N7O28P/c1-37(73)65-50-56(86)53(83)44(33-70)95-60(50)91-30-9-6-15-40(76)18-21-47(80)63-24-12-26-68(49(82)23-20-42(78)17-8-11-32-93-62-52(67-39(3)75)58(88)55(85)46(35-72)97-62)28-14-29-69(59(89)43(79)36-94-98(4,5)90)27-13-25-64-48(81)22-19-41(77)16-7-10-31-92-61-51(66-38(2)74)57(87)54(84)45(34-71)96-61/h43-46,50-58,60-62,70-72,79,83-88H,6-36H2,1-5H3,(H,63,80)(H,64,81)(H,65,73)(H,66,74)(H,67,75)/t43?,44?,45?,46?,50?,51?,52?,53-,54-,55-,56+,57+,58+,60+,61+,62+/m0/s1. The van der Waals surface area contributed by atoms with Crippen molar-refractivity contribution in [1.29, 1.82) is 0 Å². The number of aliphatic hydroxyl groups excluding tert-OH is 10. The minimum Gasteiger partial charge on any atom is -0.394 e. The summed E-state index contributed by atoms with van der Waals surface area (Å²) in [6.07, 6.45) is -15.8. The van der Waals surface area contributed by atoms with E-state index in [0.29, 0.717) is 38.5 Å². The molecule has 0 aromatic carbocycles. The lowest BCUT2D eigenvalue weighted by atomic mass is 9.97. The first-order valence-electron chi connectivity index (χ1n) is 33.5. The van der Waals surface area contributed by atoms with Gasteiger partial charge in [-0.2, -0.15) is 0 Å². The molecule has 0 bridgehead atoms. The van der Waals surface area contributed by atoms with Gasteiger partial charge in [0.1, 0.15) is 90.4 Å². The molecule has 0 saturated carbocycles. The summed E-state index contributed by atoms with van der Waals surface area (Å²) in [6.45, 7) is 4.05. The Morgan fingerprint density at radius 3 is 1.10 bits per heavy atom. The topological polar surface area (TPSA) is 521 Å². The molecular weight excluding hydrogens is 1320 g/mol. The third-order valence-electron chi connectivity index (χ3n) is 16.2. The van der Waals surface area contributed by atoms with E-state index in [-0.39, 0.29) is 153 Å². The van der Waals surface area contributed by atoms with Gasteiger partial charge in [-0.15, -0.1) is 0 Å². The van der Waals surface area contributed by atoms with Gasteiger partial charge in [0.15, 0.2) is 32.3 Å². The average molecular weight is 1430 g/mol. The Morgan fingerprint density at radius 2 is 0.765 bits per heavy atom. The molecule has 564 valence electrons. The molecular formula is C62H108N7O28P. The van der Waals surface area contributed by atoms with Gasteiger partial charge in [0.05, 0.1) is 26.4 Å². The fraction of sp³-hybridized carbons (Fsp3) is 0.839. The lowest BCUT2D eigenvalue weighted by Gasteiger charge is -2.42. The summed E-state index contributed by atoms with van der Waals surface area (Å²) in [7, 11) is -3.13. The quantitative estimate of drug-likeness (QED) is 0.0201. The van der Waals surface area contributed by atoms with E-state index >= 15 is 0 Å². The Morgan fingerprint density at radius 1 is 0.439 bits per heavy atom. The van der Waals surface area contributed by atoms with E-state index < -0.39 is 173 Å². The molecule has 35 nitrogen and oxygen atoms in total. The number of Topliss-reactive ketones (excluding diaryl/α,β-unsaturated/α-hetero) is 3. The van der Waals surface area contributed by atoms with Crippen LogP contribution in [0, 0.1) is 0 Å². The van der Waals surface area contributed by atoms with E-state index in [9.17, 15) is 104 Å². The third kappa shape index (κ3) is 32.7. The van der Waals surface area contributed by atoms with Crippen LogP contribution in [0.2, 0.25) is 0 Å². The maximum absolute atomic E-state index is 13.9. The van der Waals surface area contributed by atoms with E-state index in [4.69, 9.17) is 32.9 Å². The summed E-state index contributed by atoms with van der Waals surface area (Å²) in [5.41, 5.74) is 0. The van der Waals surface area contributed by atoms with E-state index in [2.05, 4.69) is 26.6 Å². The van der Waals surface area contributed by atoms with E-state index in [0.717, 1.165) is 0 Å². The van der Waals surface area contributed by atoms with E-state index in [1.165, 1.54) is 43.9 Å². The highest BCUT2D eigenvalue weighted by Crippen LogP contribution is 2.37. The number of ether oxygens (including phenoxy) is 6. The van der Waals surface area contributed by atoms with Crippen LogP contribution in [0.1, 0.15) is 136 Å². The monoisotopic (exact) mass is 1430 g/mol. The van der Waals surface area contributed by atoms with Crippen LogP contribution in [-0.2, 0) is 85.5 Å². The predicted molar refractivity (Wildman–Crippen MR) is 343 cm³/mol. The summed E-state index contributed by atoms with van der Waals surface area (Å²) in [4.78, 5) is 130. The molecule has 3 aliphatic rings. The summed E-state index contributed by atoms with van der Waals surface area (Å²) >= 11 is 0. The highest BCUT2D eigenvalue weighted by molar-refractivity contribution is 7.57. The average Bonchev–Trinajstić information content (AvgIpc) is 0.823. The number of carbonyl (C=O) groups excluding carboxylic acids is 10. The number of amides is 7. The molecule has 3 fully saturated rings. The first-order valence-corrected chi connectivity index (χ1v) is 36.0. The van der Waals surface area contributed by atoms with Gasteiger partial charge in [-0.25, -0.2) is 0 Å². The van der Waals surface area contributed by atoms with Gasteiger partial charge in [0.2, 0.25) is 35.4 Å². The van der Waals surface area contributed by atoms with Crippen molar-refractivity contribution in [1.82, 2.24) is 36.4 Å². The van der Waals surface area contributed by atoms with Gasteiger partial charge >= 0.3 is 0 Å². The molecule has 0 radical (unpaired) electrons. The number of carbonyl (C=O) groups is 10. The number of hydrogen-bond donors (Lipinski definition) is 15. The van der Waals surface area contributed by atoms with Crippen LogP contribution in [0.15, 0.2) is 0 Å². The molecule has 7 unspecified atom stereocenters. The summed E-state index contributed by atoms with van der Waals surface area (Å²) in [6, 6.07) is -3.39. The van der Waals surface area contributed by atoms with Crippen LogP contribution in [0.25, 0.3) is 0 Å². The van der Waals surface area contributed by atoms with Crippen LogP contribution in [-0.4, -0.2) is 316 Å². The number of rotatable bonds is 49. The third-order valence-corrected chi connectivity index (χ3v) is 17.0. The Balaban J connectivity index is 1.56. The first-order chi connectivity index (χ1) is 46.4. The summed E-state index contributed by atoms with van der Waals surface area (Å²) in [5, 5.41) is 115. The van der Waals surface area contributed by atoms with Crippen molar-refractivity contribution in [3.8, 4) is 0 Å². The number of unbranched alkanes of at least 4 members (excludes halogenated alkanes) is 3. The van der Waals surface area contributed by atoms with Gasteiger partial charge in [0.25, 0.3) is 5.91 Å². The maximum Gasteiger partial charge on any atom is 0.253 e. The van der Waals surface area contributed by atoms with Crippen molar-refractivity contribution in [2.45, 2.75) is 234 Å². The molecule has 3 aliphatic heterocycles. The normalized spacial score (nSPS) is 25.9.